The van der Waals surface area contributed by atoms with E-state index in [0.717, 1.165) is 57.5 Å². The number of carbonyl (C=O) groups excluding carboxylic acids is 1. The van der Waals surface area contributed by atoms with Crippen LogP contribution in [0.3, 0.4) is 0 Å². The van der Waals surface area contributed by atoms with E-state index < -0.39 is 6.23 Å². The number of rotatable bonds is 13. The van der Waals surface area contributed by atoms with E-state index in [1.807, 2.05) is 36.3 Å². The smallest absolute Gasteiger partial charge is 0.133 e. The molecule has 0 bridgehead atoms. The number of unbranched alkanes of at least 4 members (excludes halogenated alkanes) is 1. The molecule has 1 saturated heterocycles. The molecule has 2 aromatic rings. The van der Waals surface area contributed by atoms with Crippen molar-refractivity contribution in [1.82, 2.24) is 9.80 Å². The van der Waals surface area contributed by atoms with Gasteiger partial charge in [0.1, 0.15) is 18.3 Å². The van der Waals surface area contributed by atoms with Gasteiger partial charge in [0.05, 0.1) is 13.2 Å². The molecule has 2 aliphatic rings. The van der Waals surface area contributed by atoms with Crippen LogP contribution in [0.25, 0.3) is 0 Å². The van der Waals surface area contributed by atoms with Gasteiger partial charge in [-0.15, -0.1) is 0 Å². The number of aryl methyl sites for hydroxylation is 1. The first-order valence-electron chi connectivity index (χ1n) is 15.3. The molecule has 2 aromatic carbocycles. The zero-order valence-corrected chi connectivity index (χ0v) is 25.8. The number of allylic oxidation sites excluding steroid dienone is 3. The first-order chi connectivity index (χ1) is 19.9. The highest BCUT2D eigenvalue weighted by Gasteiger charge is 2.33. The molecule has 1 fully saturated rings. The average Bonchev–Trinajstić information content (AvgIpc) is 3.60. The number of carbonyl (C=O) groups is 1. The maximum atomic E-state index is 11.2. The van der Waals surface area contributed by atoms with Gasteiger partial charge < -0.3 is 24.4 Å². The Morgan fingerprint density at radius 1 is 1.17 bits per heavy atom. The van der Waals surface area contributed by atoms with Gasteiger partial charge in [-0.1, -0.05) is 49.8 Å². The topological polar surface area (TPSA) is 56.3 Å². The lowest BCUT2D eigenvalue weighted by Gasteiger charge is -2.28. The van der Waals surface area contributed by atoms with Gasteiger partial charge in [-0.25, -0.2) is 0 Å². The van der Waals surface area contributed by atoms with Gasteiger partial charge in [-0.3, -0.25) is 4.90 Å². The summed E-state index contributed by atoms with van der Waals surface area (Å²) in [6.45, 7) is 12.2. The molecular weight excluding hydrogens is 510 g/mol. The van der Waals surface area contributed by atoms with Crippen LogP contribution in [0.15, 0.2) is 66.9 Å². The number of anilines is 1. The molecule has 0 spiro atoms. The minimum Gasteiger partial charge on any atom is -0.493 e. The Labute approximate surface area is 248 Å². The summed E-state index contributed by atoms with van der Waals surface area (Å²) in [7, 11) is 2.16. The molecule has 1 N–H and O–H groups in total. The van der Waals surface area contributed by atoms with E-state index in [1.54, 1.807) is 6.92 Å². The molecule has 224 valence electrons. The van der Waals surface area contributed by atoms with Crippen LogP contribution in [0, 0.1) is 6.92 Å². The third-order valence-corrected chi connectivity index (χ3v) is 8.09. The third-order valence-electron chi connectivity index (χ3n) is 8.09. The van der Waals surface area contributed by atoms with Gasteiger partial charge in [0, 0.05) is 51.0 Å². The number of nitrogens with zero attached hydrogens (tertiary/aromatic N) is 3. The van der Waals surface area contributed by atoms with Gasteiger partial charge >= 0.3 is 0 Å². The van der Waals surface area contributed by atoms with Gasteiger partial charge in [0.25, 0.3) is 0 Å². The molecule has 6 heteroatoms. The quantitative estimate of drug-likeness (QED) is 0.175. The summed E-state index contributed by atoms with van der Waals surface area (Å²) in [5.74, 6) is 1.46. The first kappa shape index (κ1) is 32.4. The lowest BCUT2D eigenvalue weighted by atomic mass is 9.93. The van der Waals surface area contributed by atoms with Gasteiger partial charge in [0.2, 0.25) is 0 Å². The number of aliphatic hydroxyl groups is 1. The number of aliphatic hydroxyl groups excluding tert-OH is 1. The van der Waals surface area contributed by atoms with Crippen LogP contribution < -0.4 is 9.64 Å². The summed E-state index contributed by atoms with van der Waals surface area (Å²) < 4.78 is 5.63. The first-order valence-corrected chi connectivity index (χ1v) is 15.3. The number of ether oxygens (including phenoxy) is 1. The number of benzene rings is 2. The van der Waals surface area contributed by atoms with Crippen LogP contribution in [-0.2, 0) is 11.2 Å². The van der Waals surface area contributed by atoms with E-state index in [2.05, 4.69) is 73.2 Å². The summed E-state index contributed by atoms with van der Waals surface area (Å²) in [6, 6.07) is 15.6. The van der Waals surface area contributed by atoms with Crippen molar-refractivity contribution in [2.24, 2.45) is 0 Å². The molecule has 0 aromatic heterocycles. The Balaban J connectivity index is 0.000000298. The van der Waals surface area contributed by atoms with E-state index in [9.17, 15) is 9.90 Å². The van der Waals surface area contributed by atoms with E-state index in [4.69, 9.17) is 4.74 Å². The van der Waals surface area contributed by atoms with Crippen LogP contribution in [0.5, 0.6) is 5.75 Å². The Morgan fingerprint density at radius 2 is 2.00 bits per heavy atom. The molecule has 3 unspecified atom stereocenters. The predicted molar refractivity (Wildman–Crippen MR) is 171 cm³/mol. The number of hydrogen-bond donors (Lipinski definition) is 1. The van der Waals surface area contributed by atoms with Crippen LogP contribution in [0.2, 0.25) is 0 Å². The standard InChI is InChI=1S/C23H32N2O3.C12H19N/c1-3-4-5-10-24(18(2)27)11-8-22-16-21(17-25(22)12-13-26)19-6-7-23-20(15-19)9-14-28-23;1-4-5-9-13(3)12-8-6-7-11(2)10-12/h3-7,10,13,15,18,21-22,27H,8-9,11-12,14,16-17H2,1-2H3;6-8,10H,4-5,9H2,1-3H3/b4-3-,10-5-;. The minimum atomic E-state index is -0.532. The second kappa shape index (κ2) is 17.0. The highest BCUT2D eigenvalue weighted by Crippen LogP contribution is 2.36. The summed E-state index contributed by atoms with van der Waals surface area (Å²) in [5, 5.41) is 10.0. The monoisotopic (exact) mass is 561 g/mol. The fraction of sp³-hybridized carbons (Fsp3) is 0.514. The molecule has 0 amide bonds. The highest BCUT2D eigenvalue weighted by atomic mass is 16.5. The number of aldehydes is 1. The van der Waals surface area contributed by atoms with Crippen LogP contribution >= 0.6 is 0 Å². The molecule has 3 atom stereocenters. The molecule has 6 nitrogen and oxygen atoms in total. The second-order valence-corrected chi connectivity index (χ2v) is 11.3. The van der Waals surface area contributed by atoms with E-state index in [0.29, 0.717) is 18.5 Å². The van der Waals surface area contributed by atoms with Crippen molar-refractivity contribution in [2.45, 2.75) is 78.0 Å². The van der Waals surface area contributed by atoms with E-state index in [-0.39, 0.29) is 0 Å². The second-order valence-electron chi connectivity index (χ2n) is 11.3. The summed E-state index contributed by atoms with van der Waals surface area (Å²) in [6.07, 6.45) is 13.7. The fourth-order valence-corrected chi connectivity index (χ4v) is 5.65. The number of likely N-dealkylation sites (tertiary alicyclic amines) is 1. The van der Waals surface area contributed by atoms with Crippen LogP contribution in [0.4, 0.5) is 5.69 Å². The van der Waals surface area contributed by atoms with E-state index in [1.165, 1.54) is 35.2 Å². The summed E-state index contributed by atoms with van der Waals surface area (Å²) in [5.41, 5.74) is 5.31. The molecule has 41 heavy (non-hydrogen) atoms. The molecule has 0 radical (unpaired) electrons. The summed E-state index contributed by atoms with van der Waals surface area (Å²) in [4.78, 5) is 17.7. The Kier molecular flexibility index (Phi) is 13.4. The zero-order chi connectivity index (χ0) is 29.6. The molecule has 2 aliphatic heterocycles. The highest BCUT2D eigenvalue weighted by molar-refractivity contribution is 5.52. The van der Waals surface area contributed by atoms with Crippen molar-refractivity contribution in [3.05, 3.63) is 83.6 Å². The average molecular weight is 562 g/mol. The van der Waals surface area contributed by atoms with Gasteiger partial charge in [-0.2, -0.15) is 0 Å². The number of hydrogen-bond acceptors (Lipinski definition) is 6. The van der Waals surface area contributed by atoms with Crippen molar-refractivity contribution in [2.75, 3.05) is 44.7 Å². The molecule has 0 aliphatic carbocycles. The molecule has 0 saturated carbocycles. The zero-order valence-electron chi connectivity index (χ0n) is 25.8. The van der Waals surface area contributed by atoms with Crippen molar-refractivity contribution < 1.29 is 14.6 Å². The van der Waals surface area contributed by atoms with Crippen molar-refractivity contribution in [1.29, 1.82) is 0 Å². The number of fused-ring (bicyclic) bond motifs is 1. The predicted octanol–water partition coefficient (Wildman–Crippen LogP) is 6.33. The maximum Gasteiger partial charge on any atom is 0.133 e. The van der Waals surface area contributed by atoms with Crippen molar-refractivity contribution in [3.8, 4) is 5.75 Å². The van der Waals surface area contributed by atoms with Gasteiger partial charge in [0.15, 0.2) is 0 Å². The maximum absolute atomic E-state index is 11.2. The largest absolute Gasteiger partial charge is 0.493 e. The van der Waals surface area contributed by atoms with Crippen LogP contribution in [0.1, 0.15) is 69.1 Å². The lowest BCUT2D eigenvalue weighted by molar-refractivity contribution is -0.109. The normalized spacial score (nSPS) is 19.1. The van der Waals surface area contributed by atoms with Crippen molar-refractivity contribution >= 4 is 12.0 Å². The molecule has 4 rings (SSSR count). The van der Waals surface area contributed by atoms with Crippen molar-refractivity contribution in [3.63, 3.8) is 0 Å². The SMILES string of the molecule is C/C=C\C=C/N(CCC1CC(c2ccc3c(c2)CCO3)CN1CC=O)C(C)O.CCCCN(C)c1cccc(C)c1. The van der Waals surface area contributed by atoms with Gasteiger partial charge in [-0.05, 0) is 86.9 Å². The van der Waals surface area contributed by atoms with E-state index >= 15 is 0 Å². The molecular formula is C35H51N3O3. The lowest BCUT2D eigenvalue weighted by Crippen LogP contribution is -2.36. The molecule has 2 heterocycles. The Morgan fingerprint density at radius 3 is 2.71 bits per heavy atom. The minimum absolute atomic E-state index is 0.344. The Hall–Kier alpha value is -3.09. The fourth-order valence-electron chi connectivity index (χ4n) is 5.65. The summed E-state index contributed by atoms with van der Waals surface area (Å²) >= 11 is 0. The Bertz CT molecular complexity index is 1130. The third kappa shape index (κ3) is 10.0. The van der Waals surface area contributed by atoms with Crippen LogP contribution in [-0.4, -0.2) is 73.3 Å².